The molecule has 1 N–H and O–H groups in total. The van der Waals surface area contributed by atoms with Crippen molar-refractivity contribution in [2.75, 3.05) is 11.1 Å². The number of aromatic nitrogens is 2. The summed E-state index contributed by atoms with van der Waals surface area (Å²) in [4.78, 5) is 29.8. The smallest absolute Gasteiger partial charge is 0.271 e. The molecule has 1 amide bonds. The van der Waals surface area contributed by atoms with Crippen molar-refractivity contribution >= 4 is 44.9 Å². The number of amides is 1. The first-order valence-electron chi connectivity index (χ1n) is 9.16. The molecule has 4 aromatic rings. The molecule has 0 radical (unpaired) electrons. The summed E-state index contributed by atoms with van der Waals surface area (Å²) in [7, 11) is 1.65. The van der Waals surface area contributed by atoms with Gasteiger partial charge < -0.3 is 5.32 Å². The van der Waals surface area contributed by atoms with Crippen molar-refractivity contribution < 1.29 is 9.18 Å². The first kappa shape index (κ1) is 20.3. The summed E-state index contributed by atoms with van der Waals surface area (Å²) >= 11 is 2.54. The first-order chi connectivity index (χ1) is 14.4. The van der Waals surface area contributed by atoms with Crippen molar-refractivity contribution in [2.24, 2.45) is 7.05 Å². The lowest BCUT2D eigenvalue weighted by molar-refractivity contribution is -0.113. The van der Waals surface area contributed by atoms with Gasteiger partial charge in [-0.1, -0.05) is 48.2 Å². The zero-order chi connectivity index (χ0) is 21.3. The van der Waals surface area contributed by atoms with Gasteiger partial charge in [0, 0.05) is 23.7 Å². The van der Waals surface area contributed by atoms with Gasteiger partial charge in [-0.05, 0) is 30.2 Å². The van der Waals surface area contributed by atoms with E-state index in [0.29, 0.717) is 26.6 Å². The third kappa shape index (κ3) is 4.01. The minimum Gasteiger partial charge on any atom is -0.325 e. The van der Waals surface area contributed by atoms with Crippen LogP contribution in [-0.4, -0.2) is 21.2 Å². The average Bonchev–Trinajstić information content (AvgIpc) is 3.17. The van der Waals surface area contributed by atoms with Gasteiger partial charge in [0.25, 0.3) is 5.56 Å². The average molecular weight is 440 g/mol. The molecule has 2 heterocycles. The van der Waals surface area contributed by atoms with Crippen LogP contribution >= 0.6 is 23.1 Å². The molecule has 30 heavy (non-hydrogen) atoms. The number of halogens is 1. The topological polar surface area (TPSA) is 64.0 Å². The van der Waals surface area contributed by atoms with E-state index >= 15 is 0 Å². The summed E-state index contributed by atoms with van der Waals surface area (Å²) < 4.78 is 15.7. The number of benzene rings is 2. The van der Waals surface area contributed by atoms with E-state index < -0.39 is 0 Å². The van der Waals surface area contributed by atoms with E-state index in [1.54, 1.807) is 26.1 Å². The number of aryl methyl sites for hydroxylation is 1. The van der Waals surface area contributed by atoms with Crippen LogP contribution in [0.2, 0.25) is 0 Å². The highest BCUT2D eigenvalue weighted by Crippen LogP contribution is 2.32. The zero-order valence-electron chi connectivity index (χ0n) is 16.3. The molecule has 4 rings (SSSR count). The molecule has 0 saturated heterocycles. The Balaban J connectivity index is 1.58. The summed E-state index contributed by atoms with van der Waals surface area (Å²) in [5.74, 6) is -0.626. The maximum Gasteiger partial charge on any atom is 0.271 e. The highest BCUT2D eigenvalue weighted by atomic mass is 32.2. The Morgan fingerprint density at radius 1 is 1.23 bits per heavy atom. The van der Waals surface area contributed by atoms with Crippen LogP contribution in [0.4, 0.5) is 10.1 Å². The Bertz CT molecular complexity index is 1300. The Morgan fingerprint density at radius 2 is 2.00 bits per heavy atom. The molecule has 0 saturated carbocycles. The molecule has 0 unspecified atom stereocenters. The molecule has 0 fully saturated rings. The Labute approximate surface area is 180 Å². The van der Waals surface area contributed by atoms with Crippen molar-refractivity contribution in [2.45, 2.75) is 12.1 Å². The number of fused-ring (bicyclic) bond motifs is 1. The summed E-state index contributed by atoms with van der Waals surface area (Å²) in [5, 5.41) is 5.06. The van der Waals surface area contributed by atoms with Crippen molar-refractivity contribution in [3.8, 4) is 11.1 Å². The Hall–Kier alpha value is -2.97. The molecule has 5 nitrogen and oxygen atoms in total. The van der Waals surface area contributed by atoms with Gasteiger partial charge in [-0.25, -0.2) is 9.37 Å². The van der Waals surface area contributed by atoms with Crippen molar-refractivity contribution in [1.82, 2.24) is 9.55 Å². The first-order valence-corrected chi connectivity index (χ1v) is 11.0. The standard InChI is InChI=1S/C22H18FN3O2S2/c1-13-8-9-15(10-17(13)23)24-18(27)12-30-22-25-19-16(14-6-4-3-5-7-14)11-29-20(19)21(28)26(22)2/h3-11H,12H2,1-2H3,(H,24,27). The SMILES string of the molecule is Cc1ccc(NC(=O)CSc2nc3c(-c4ccccc4)csc3c(=O)n2C)cc1F. The van der Waals surface area contributed by atoms with Crippen molar-refractivity contribution in [1.29, 1.82) is 0 Å². The summed E-state index contributed by atoms with van der Waals surface area (Å²) in [6.07, 6.45) is 0. The van der Waals surface area contributed by atoms with Crippen LogP contribution in [0.15, 0.2) is 63.9 Å². The quantitative estimate of drug-likeness (QED) is 0.357. The van der Waals surface area contributed by atoms with E-state index in [0.717, 1.165) is 11.1 Å². The number of thioether (sulfide) groups is 1. The van der Waals surface area contributed by atoms with Crippen LogP contribution in [0.3, 0.4) is 0 Å². The second-order valence-electron chi connectivity index (χ2n) is 6.75. The molecular formula is C22H18FN3O2S2. The lowest BCUT2D eigenvalue weighted by Gasteiger charge is -2.09. The fourth-order valence-electron chi connectivity index (χ4n) is 2.97. The molecule has 2 aromatic carbocycles. The highest BCUT2D eigenvalue weighted by Gasteiger charge is 2.16. The van der Waals surface area contributed by atoms with E-state index in [-0.39, 0.29) is 23.0 Å². The molecular weight excluding hydrogens is 421 g/mol. The second-order valence-corrected chi connectivity index (χ2v) is 8.57. The van der Waals surface area contributed by atoms with Crippen LogP contribution in [0.5, 0.6) is 0 Å². The van der Waals surface area contributed by atoms with Gasteiger partial charge in [0.15, 0.2) is 5.16 Å². The predicted octanol–water partition coefficient (Wildman–Crippen LogP) is 4.84. The monoisotopic (exact) mass is 439 g/mol. The molecule has 0 bridgehead atoms. The lowest BCUT2D eigenvalue weighted by Crippen LogP contribution is -2.20. The number of carbonyl (C=O) groups excluding carboxylic acids is 1. The van der Waals surface area contributed by atoms with Gasteiger partial charge in [-0.3, -0.25) is 14.2 Å². The van der Waals surface area contributed by atoms with E-state index in [1.807, 2.05) is 35.7 Å². The fourth-order valence-corrected chi connectivity index (χ4v) is 4.73. The van der Waals surface area contributed by atoms with Crippen LogP contribution in [0.25, 0.3) is 21.3 Å². The van der Waals surface area contributed by atoms with Gasteiger partial charge in [0.2, 0.25) is 5.91 Å². The fraction of sp³-hybridized carbons (Fsp3) is 0.136. The maximum absolute atomic E-state index is 13.7. The number of nitrogens with one attached hydrogen (secondary N) is 1. The minimum atomic E-state index is -0.374. The third-order valence-electron chi connectivity index (χ3n) is 4.63. The van der Waals surface area contributed by atoms with Crippen LogP contribution in [0, 0.1) is 12.7 Å². The molecule has 8 heteroatoms. The number of rotatable bonds is 5. The molecule has 0 aliphatic carbocycles. The number of nitrogens with zero attached hydrogens (tertiary/aromatic N) is 2. The predicted molar refractivity (Wildman–Crippen MR) is 121 cm³/mol. The minimum absolute atomic E-state index is 0.0477. The lowest BCUT2D eigenvalue weighted by atomic mass is 10.1. The molecule has 0 aliphatic rings. The number of anilines is 1. The molecule has 0 spiro atoms. The molecule has 2 aromatic heterocycles. The van der Waals surface area contributed by atoms with E-state index in [2.05, 4.69) is 10.3 Å². The van der Waals surface area contributed by atoms with Crippen LogP contribution in [0.1, 0.15) is 5.56 Å². The molecule has 152 valence electrons. The normalized spacial score (nSPS) is 11.0. The maximum atomic E-state index is 13.7. The Kier molecular flexibility index (Phi) is 5.69. The van der Waals surface area contributed by atoms with Gasteiger partial charge in [-0.2, -0.15) is 0 Å². The Morgan fingerprint density at radius 3 is 2.73 bits per heavy atom. The van der Waals surface area contributed by atoms with Crippen molar-refractivity contribution in [3.63, 3.8) is 0 Å². The largest absolute Gasteiger partial charge is 0.325 e. The van der Waals surface area contributed by atoms with Crippen molar-refractivity contribution in [3.05, 3.63) is 75.6 Å². The van der Waals surface area contributed by atoms with Gasteiger partial charge in [-0.15, -0.1) is 11.3 Å². The van der Waals surface area contributed by atoms with Crippen LogP contribution < -0.4 is 10.9 Å². The number of hydrogen-bond acceptors (Lipinski definition) is 5. The summed E-state index contributed by atoms with van der Waals surface area (Å²) in [6, 6.07) is 14.3. The third-order valence-corrected chi connectivity index (χ3v) is 6.62. The summed E-state index contributed by atoms with van der Waals surface area (Å²) in [6.45, 7) is 1.66. The zero-order valence-corrected chi connectivity index (χ0v) is 17.9. The van der Waals surface area contributed by atoms with Gasteiger partial charge in [0.1, 0.15) is 10.5 Å². The van der Waals surface area contributed by atoms with E-state index in [1.165, 1.54) is 33.7 Å². The molecule has 0 atom stereocenters. The second kappa shape index (κ2) is 8.41. The van der Waals surface area contributed by atoms with Crippen LogP contribution in [-0.2, 0) is 11.8 Å². The number of hydrogen-bond donors (Lipinski definition) is 1. The van der Waals surface area contributed by atoms with Gasteiger partial charge >= 0.3 is 0 Å². The number of carbonyl (C=O) groups is 1. The van der Waals surface area contributed by atoms with Gasteiger partial charge in [0.05, 0.1) is 11.3 Å². The molecule has 0 aliphatic heterocycles. The van der Waals surface area contributed by atoms with E-state index in [9.17, 15) is 14.0 Å². The highest BCUT2D eigenvalue weighted by molar-refractivity contribution is 7.99. The van der Waals surface area contributed by atoms with E-state index in [4.69, 9.17) is 0 Å². The number of thiophene rings is 1. The summed E-state index contributed by atoms with van der Waals surface area (Å²) in [5.41, 5.74) is 3.29.